The Kier molecular flexibility index (Phi) is 6.46. The van der Waals surface area contributed by atoms with Gasteiger partial charge >= 0.3 is 0 Å². The zero-order valence-corrected chi connectivity index (χ0v) is 13.7. The van der Waals surface area contributed by atoms with Crippen molar-refractivity contribution in [2.75, 3.05) is 20.3 Å². The summed E-state index contributed by atoms with van der Waals surface area (Å²) in [6.07, 6.45) is 1.83. The van der Waals surface area contributed by atoms with Crippen LogP contribution in [0.4, 0.5) is 0 Å². The lowest BCUT2D eigenvalue weighted by atomic mass is 10.2. The molecule has 0 bridgehead atoms. The molecule has 0 aliphatic carbocycles. The third-order valence-electron chi connectivity index (χ3n) is 2.69. The van der Waals surface area contributed by atoms with E-state index in [2.05, 4.69) is 32.3 Å². The van der Waals surface area contributed by atoms with E-state index in [0.29, 0.717) is 13.2 Å². The molecule has 0 unspecified atom stereocenters. The molecule has 0 saturated carbocycles. The van der Waals surface area contributed by atoms with Crippen LogP contribution in [0, 0.1) is 0 Å². The third-order valence-corrected chi connectivity index (χ3v) is 4.07. The van der Waals surface area contributed by atoms with Gasteiger partial charge in [-0.3, -0.25) is 4.98 Å². The topological polar surface area (TPSA) is 43.4 Å². The van der Waals surface area contributed by atoms with Crippen LogP contribution in [-0.4, -0.2) is 25.2 Å². The second kappa shape index (κ2) is 8.36. The molecule has 0 aliphatic heterocycles. The van der Waals surface area contributed by atoms with Crippen LogP contribution in [0.25, 0.3) is 0 Å². The summed E-state index contributed by atoms with van der Waals surface area (Å²) in [5, 5.41) is 3.33. The molecule has 4 nitrogen and oxygen atoms in total. The van der Waals surface area contributed by atoms with E-state index < -0.39 is 0 Å². The fourth-order valence-electron chi connectivity index (χ4n) is 1.71. The molecule has 1 aromatic heterocycles. The number of thiazole rings is 1. The third kappa shape index (κ3) is 4.56. The Morgan fingerprint density at radius 2 is 2.30 bits per heavy atom. The lowest BCUT2D eigenvalue weighted by Crippen LogP contribution is -2.19. The van der Waals surface area contributed by atoms with Crippen molar-refractivity contribution in [3.8, 4) is 5.75 Å². The van der Waals surface area contributed by atoms with Gasteiger partial charge in [-0.05, 0) is 22.0 Å². The maximum Gasteiger partial charge on any atom is 0.138 e. The fourth-order valence-corrected chi connectivity index (χ4v) is 2.74. The highest BCUT2D eigenvalue weighted by Crippen LogP contribution is 2.30. The number of ether oxygens (including phenoxy) is 2. The van der Waals surface area contributed by atoms with E-state index in [-0.39, 0.29) is 0 Å². The highest BCUT2D eigenvalue weighted by Gasteiger charge is 2.08. The van der Waals surface area contributed by atoms with Gasteiger partial charge in [0, 0.05) is 32.0 Å². The first-order valence-electron chi connectivity index (χ1n) is 6.28. The normalized spacial score (nSPS) is 10.7. The van der Waals surface area contributed by atoms with Gasteiger partial charge in [0.1, 0.15) is 12.4 Å². The van der Waals surface area contributed by atoms with Gasteiger partial charge in [0.25, 0.3) is 0 Å². The molecular formula is C14H17BrN2O2S. The molecule has 2 aromatic rings. The Hall–Kier alpha value is -0.950. The molecule has 108 valence electrons. The van der Waals surface area contributed by atoms with E-state index in [4.69, 9.17) is 9.47 Å². The maximum atomic E-state index is 5.92. The summed E-state index contributed by atoms with van der Waals surface area (Å²) < 4.78 is 11.9. The predicted octanol–water partition coefficient (Wildman–Crippen LogP) is 3.22. The van der Waals surface area contributed by atoms with E-state index in [1.807, 2.05) is 23.8 Å². The second-order valence-corrected chi connectivity index (χ2v) is 5.98. The number of aromatic nitrogens is 1. The average Bonchev–Trinajstić information content (AvgIpc) is 2.96. The van der Waals surface area contributed by atoms with E-state index in [9.17, 15) is 0 Å². The van der Waals surface area contributed by atoms with Crippen LogP contribution in [0.3, 0.4) is 0 Å². The second-order valence-electron chi connectivity index (χ2n) is 4.15. The van der Waals surface area contributed by atoms with Crippen molar-refractivity contribution in [1.29, 1.82) is 0 Å². The van der Waals surface area contributed by atoms with Crippen LogP contribution in [-0.2, 0) is 17.9 Å². The van der Waals surface area contributed by atoms with Gasteiger partial charge in [-0.25, -0.2) is 0 Å². The number of rotatable bonds is 8. The van der Waals surface area contributed by atoms with E-state index in [0.717, 1.165) is 33.8 Å². The lowest BCUT2D eigenvalue weighted by Gasteiger charge is -2.13. The smallest absolute Gasteiger partial charge is 0.138 e. The molecule has 0 amide bonds. The first-order valence-corrected chi connectivity index (χ1v) is 7.95. The minimum Gasteiger partial charge on any atom is -0.486 e. The molecule has 0 radical (unpaired) electrons. The standard InChI is InChI=1S/C14H17BrN2O2S/c1-18-6-5-16-7-11-3-2-4-13(15)14(11)19-9-12-8-17-10-20-12/h2-4,8,10,16H,5-7,9H2,1H3. The highest BCUT2D eigenvalue weighted by molar-refractivity contribution is 9.10. The zero-order chi connectivity index (χ0) is 14.2. The number of benzene rings is 1. The summed E-state index contributed by atoms with van der Waals surface area (Å²) in [7, 11) is 1.70. The summed E-state index contributed by atoms with van der Waals surface area (Å²) in [6, 6.07) is 6.06. The van der Waals surface area contributed by atoms with Crippen molar-refractivity contribution in [2.24, 2.45) is 0 Å². The summed E-state index contributed by atoms with van der Waals surface area (Å²) in [4.78, 5) is 5.16. The Morgan fingerprint density at radius 3 is 3.05 bits per heavy atom. The molecule has 0 spiro atoms. The highest BCUT2D eigenvalue weighted by atomic mass is 79.9. The number of methoxy groups -OCH3 is 1. The van der Waals surface area contributed by atoms with Crippen molar-refractivity contribution in [1.82, 2.24) is 10.3 Å². The number of para-hydroxylation sites is 1. The molecular weight excluding hydrogens is 340 g/mol. The van der Waals surface area contributed by atoms with Crippen LogP contribution >= 0.6 is 27.3 Å². The monoisotopic (exact) mass is 356 g/mol. The molecule has 0 fully saturated rings. The van der Waals surface area contributed by atoms with Gasteiger partial charge in [-0.15, -0.1) is 11.3 Å². The number of nitrogens with zero attached hydrogens (tertiary/aromatic N) is 1. The molecule has 1 N–H and O–H groups in total. The SMILES string of the molecule is COCCNCc1cccc(Br)c1OCc1cncs1. The molecule has 1 heterocycles. The Labute approximate surface area is 131 Å². The largest absolute Gasteiger partial charge is 0.486 e. The summed E-state index contributed by atoms with van der Waals surface area (Å²) in [5.74, 6) is 0.880. The van der Waals surface area contributed by atoms with Gasteiger partial charge < -0.3 is 14.8 Å². The summed E-state index contributed by atoms with van der Waals surface area (Å²) >= 11 is 5.14. The van der Waals surface area contributed by atoms with E-state index in [1.54, 1.807) is 18.4 Å². The van der Waals surface area contributed by atoms with Crippen molar-refractivity contribution in [3.63, 3.8) is 0 Å². The first-order chi connectivity index (χ1) is 9.81. The first kappa shape index (κ1) is 15.4. The van der Waals surface area contributed by atoms with E-state index >= 15 is 0 Å². The minimum absolute atomic E-state index is 0.540. The molecule has 0 atom stereocenters. The van der Waals surface area contributed by atoms with E-state index in [1.165, 1.54) is 0 Å². The predicted molar refractivity (Wildman–Crippen MR) is 84.2 cm³/mol. The van der Waals surface area contributed by atoms with Crippen molar-refractivity contribution < 1.29 is 9.47 Å². The molecule has 0 aliphatic rings. The van der Waals surface area contributed by atoms with Crippen molar-refractivity contribution in [3.05, 3.63) is 44.8 Å². The Bertz CT molecular complexity index is 520. The average molecular weight is 357 g/mol. The molecule has 6 heteroatoms. The van der Waals surface area contributed by atoms with Crippen molar-refractivity contribution >= 4 is 27.3 Å². The van der Waals surface area contributed by atoms with Gasteiger partial charge in [-0.1, -0.05) is 12.1 Å². The van der Waals surface area contributed by atoms with Gasteiger partial charge in [0.15, 0.2) is 0 Å². The Morgan fingerprint density at radius 1 is 1.40 bits per heavy atom. The quantitative estimate of drug-likeness (QED) is 0.737. The van der Waals surface area contributed by atoms with Crippen LogP contribution in [0.15, 0.2) is 34.4 Å². The van der Waals surface area contributed by atoms with Gasteiger partial charge in [0.2, 0.25) is 0 Å². The number of hydrogen-bond acceptors (Lipinski definition) is 5. The van der Waals surface area contributed by atoms with Crippen LogP contribution in [0.1, 0.15) is 10.4 Å². The number of hydrogen-bond donors (Lipinski definition) is 1. The molecule has 2 rings (SSSR count). The van der Waals surface area contributed by atoms with Crippen LogP contribution in [0.2, 0.25) is 0 Å². The van der Waals surface area contributed by atoms with Crippen LogP contribution < -0.4 is 10.1 Å². The summed E-state index contributed by atoms with van der Waals surface area (Å²) in [5.41, 5.74) is 2.94. The zero-order valence-electron chi connectivity index (χ0n) is 11.3. The number of nitrogens with one attached hydrogen (secondary N) is 1. The van der Waals surface area contributed by atoms with Crippen molar-refractivity contribution in [2.45, 2.75) is 13.2 Å². The van der Waals surface area contributed by atoms with Crippen LogP contribution in [0.5, 0.6) is 5.75 Å². The fraction of sp³-hybridized carbons (Fsp3) is 0.357. The Balaban J connectivity index is 1.98. The molecule has 0 saturated heterocycles. The maximum absolute atomic E-state index is 5.92. The molecule has 20 heavy (non-hydrogen) atoms. The minimum atomic E-state index is 0.540. The van der Waals surface area contributed by atoms with Gasteiger partial charge in [0.05, 0.1) is 21.5 Å². The summed E-state index contributed by atoms with van der Waals surface area (Å²) in [6.45, 7) is 2.81. The lowest BCUT2D eigenvalue weighted by molar-refractivity contribution is 0.199. The molecule has 1 aromatic carbocycles. The number of halogens is 1. The van der Waals surface area contributed by atoms with Gasteiger partial charge in [-0.2, -0.15) is 0 Å².